The lowest BCUT2D eigenvalue weighted by molar-refractivity contribution is -0.139. The Balaban J connectivity index is 1.62. The third kappa shape index (κ3) is 5.42. The summed E-state index contributed by atoms with van der Waals surface area (Å²) in [6, 6.07) is 23.3. The maximum Gasteiger partial charge on any atom is 0.338 e. The molecule has 41 heavy (non-hydrogen) atoms. The van der Waals surface area contributed by atoms with Crippen molar-refractivity contribution in [3.05, 3.63) is 126 Å². The number of esters is 1. The Morgan fingerprint density at radius 1 is 1.07 bits per heavy atom. The number of hydrogen-bond donors (Lipinski definition) is 0. The number of ether oxygens (including phenoxy) is 3. The number of carbonyl (C=O) groups is 1. The maximum atomic E-state index is 14.0. The number of nitrogens with zero attached hydrogens (tertiary/aromatic N) is 3. The van der Waals surface area contributed by atoms with Gasteiger partial charge in [-0.15, -0.1) is 0 Å². The van der Waals surface area contributed by atoms with Crippen molar-refractivity contribution in [3.8, 4) is 17.6 Å². The van der Waals surface area contributed by atoms with E-state index in [1.807, 2.05) is 60.7 Å². The minimum atomic E-state index is -0.780. The highest BCUT2D eigenvalue weighted by Crippen LogP contribution is 2.35. The molecule has 5 rings (SSSR count). The minimum absolute atomic E-state index is 0.189. The number of hydrogen-bond acceptors (Lipinski definition) is 8. The van der Waals surface area contributed by atoms with E-state index in [0.717, 1.165) is 5.56 Å². The van der Waals surface area contributed by atoms with Crippen LogP contribution in [0.2, 0.25) is 0 Å². The number of carbonyl (C=O) groups excluding carboxylic acids is 1. The topological polar surface area (TPSA) is 103 Å². The van der Waals surface area contributed by atoms with Crippen molar-refractivity contribution in [1.29, 1.82) is 5.26 Å². The first-order valence-corrected chi connectivity index (χ1v) is 13.8. The van der Waals surface area contributed by atoms with Crippen LogP contribution in [-0.4, -0.2) is 24.3 Å². The highest BCUT2D eigenvalue weighted by atomic mass is 32.1. The van der Waals surface area contributed by atoms with Gasteiger partial charge in [-0.3, -0.25) is 9.36 Å². The number of aromatic nitrogens is 1. The number of benzene rings is 3. The monoisotopic (exact) mass is 565 g/mol. The van der Waals surface area contributed by atoms with Gasteiger partial charge in [0.1, 0.15) is 24.1 Å². The number of thiazole rings is 1. The Bertz CT molecular complexity index is 1880. The Kier molecular flexibility index (Phi) is 8.13. The van der Waals surface area contributed by atoms with Crippen LogP contribution in [0.5, 0.6) is 11.5 Å². The molecule has 1 aliphatic rings. The number of rotatable bonds is 8. The SMILES string of the molecule is CCOC(=O)C1=C(C)N=c2s/c(=C\c3ccccc3OCc3ccccc3C#N)c(=O)n2[C@@H]1c1ccccc1OC. The molecule has 9 heteroatoms. The van der Waals surface area contributed by atoms with Gasteiger partial charge in [-0.2, -0.15) is 5.26 Å². The smallest absolute Gasteiger partial charge is 0.338 e. The van der Waals surface area contributed by atoms with Gasteiger partial charge in [-0.25, -0.2) is 9.79 Å². The standard InChI is InChI=1S/C32H27N3O5S/c1-4-39-31(37)28-20(2)34-32-35(29(28)24-14-8-10-16-26(24)38-3)30(36)27(41-32)17-21-11-7-9-15-25(21)40-19-23-13-6-5-12-22(23)18-33/h5-17,29H,4,19H2,1-3H3/b27-17-/t29-/m1/s1. The van der Waals surface area contributed by atoms with Gasteiger partial charge in [-0.05, 0) is 38.1 Å². The van der Waals surface area contributed by atoms with Crippen LogP contribution in [-0.2, 0) is 16.1 Å². The van der Waals surface area contributed by atoms with Gasteiger partial charge in [0.15, 0.2) is 4.80 Å². The lowest BCUT2D eigenvalue weighted by atomic mass is 9.95. The lowest BCUT2D eigenvalue weighted by Crippen LogP contribution is -2.40. The van der Waals surface area contributed by atoms with Crippen molar-refractivity contribution in [1.82, 2.24) is 4.57 Å². The van der Waals surface area contributed by atoms with Gasteiger partial charge >= 0.3 is 5.97 Å². The van der Waals surface area contributed by atoms with E-state index in [9.17, 15) is 14.9 Å². The van der Waals surface area contributed by atoms with Crippen molar-refractivity contribution in [2.24, 2.45) is 4.99 Å². The van der Waals surface area contributed by atoms with E-state index < -0.39 is 12.0 Å². The van der Waals surface area contributed by atoms with E-state index in [2.05, 4.69) is 11.1 Å². The molecule has 2 heterocycles. The fourth-order valence-corrected chi connectivity index (χ4v) is 5.80. The minimum Gasteiger partial charge on any atom is -0.496 e. The summed E-state index contributed by atoms with van der Waals surface area (Å²) in [6.07, 6.45) is 1.76. The van der Waals surface area contributed by atoms with E-state index in [1.54, 1.807) is 39.2 Å². The number of allylic oxidation sites excluding steroid dienone is 1. The fraction of sp³-hybridized carbons (Fsp3) is 0.188. The second-order valence-corrected chi connectivity index (χ2v) is 10.1. The predicted molar refractivity (Wildman–Crippen MR) is 155 cm³/mol. The van der Waals surface area contributed by atoms with Crippen LogP contribution in [0.3, 0.4) is 0 Å². The zero-order valence-electron chi connectivity index (χ0n) is 22.8. The molecule has 1 atom stereocenters. The van der Waals surface area contributed by atoms with E-state index in [4.69, 9.17) is 14.2 Å². The van der Waals surface area contributed by atoms with E-state index in [0.29, 0.717) is 43.2 Å². The molecule has 1 aromatic heterocycles. The molecule has 4 aromatic rings. The first-order chi connectivity index (χ1) is 20.0. The summed E-state index contributed by atoms with van der Waals surface area (Å²) < 4.78 is 19.0. The molecule has 1 aliphatic heterocycles. The molecule has 0 bridgehead atoms. The summed E-state index contributed by atoms with van der Waals surface area (Å²) >= 11 is 1.23. The molecule has 3 aromatic carbocycles. The molecule has 206 valence electrons. The predicted octanol–water partition coefficient (Wildman–Crippen LogP) is 4.26. The lowest BCUT2D eigenvalue weighted by Gasteiger charge is -2.25. The Hall–Kier alpha value is -4.94. The summed E-state index contributed by atoms with van der Waals surface area (Å²) in [4.78, 5) is 32.3. The zero-order chi connectivity index (χ0) is 28.9. The highest BCUT2D eigenvalue weighted by molar-refractivity contribution is 7.07. The zero-order valence-corrected chi connectivity index (χ0v) is 23.6. The summed E-state index contributed by atoms with van der Waals surface area (Å²) in [5.74, 6) is 0.575. The molecule has 0 fully saturated rings. The molecule has 0 spiro atoms. The van der Waals surface area contributed by atoms with Crippen LogP contribution in [0, 0.1) is 11.3 Å². The van der Waals surface area contributed by atoms with Crippen LogP contribution in [0.25, 0.3) is 6.08 Å². The quantitative estimate of drug-likeness (QED) is 0.296. The van der Waals surface area contributed by atoms with Gasteiger partial charge in [0.25, 0.3) is 5.56 Å². The third-order valence-electron chi connectivity index (χ3n) is 6.68. The van der Waals surface area contributed by atoms with E-state index in [1.165, 1.54) is 15.9 Å². The van der Waals surface area contributed by atoms with Crippen molar-refractivity contribution in [2.45, 2.75) is 26.5 Å². The molecule has 0 saturated carbocycles. The Labute approximate surface area is 240 Å². The number of nitriles is 1. The maximum absolute atomic E-state index is 14.0. The van der Waals surface area contributed by atoms with Gasteiger partial charge in [0.05, 0.1) is 41.2 Å². The van der Waals surface area contributed by atoms with Gasteiger partial charge in [0, 0.05) is 16.7 Å². The van der Waals surface area contributed by atoms with E-state index >= 15 is 0 Å². The summed E-state index contributed by atoms with van der Waals surface area (Å²) in [5, 5.41) is 9.42. The van der Waals surface area contributed by atoms with Crippen LogP contribution in [0.4, 0.5) is 0 Å². The second-order valence-electron chi connectivity index (χ2n) is 9.14. The third-order valence-corrected chi connectivity index (χ3v) is 7.66. The van der Waals surface area contributed by atoms with Crippen LogP contribution in [0.15, 0.2) is 93.9 Å². The second kappa shape index (κ2) is 12.1. The van der Waals surface area contributed by atoms with Gasteiger partial charge in [0.2, 0.25) is 0 Å². The average molecular weight is 566 g/mol. The molecule has 8 nitrogen and oxygen atoms in total. The highest BCUT2D eigenvalue weighted by Gasteiger charge is 2.35. The molecule has 0 radical (unpaired) electrons. The molecule has 0 aliphatic carbocycles. The Morgan fingerprint density at radius 3 is 2.54 bits per heavy atom. The van der Waals surface area contributed by atoms with Crippen LogP contribution >= 0.6 is 11.3 Å². The first-order valence-electron chi connectivity index (χ1n) is 13.0. The normalized spacial score (nSPS) is 14.6. The molecule has 0 unspecified atom stereocenters. The molecular formula is C32H27N3O5S. The average Bonchev–Trinajstić information content (AvgIpc) is 3.30. The van der Waals surface area contributed by atoms with Crippen molar-refractivity contribution in [3.63, 3.8) is 0 Å². The number of para-hydroxylation sites is 2. The molecule has 0 N–H and O–H groups in total. The van der Waals surface area contributed by atoms with Crippen LogP contribution in [0.1, 0.15) is 42.1 Å². The summed E-state index contributed by atoms with van der Waals surface area (Å²) in [7, 11) is 1.55. The van der Waals surface area contributed by atoms with E-state index in [-0.39, 0.29) is 24.3 Å². The largest absolute Gasteiger partial charge is 0.496 e. The van der Waals surface area contributed by atoms with Crippen molar-refractivity contribution >= 4 is 23.4 Å². The van der Waals surface area contributed by atoms with Crippen LogP contribution < -0.4 is 24.4 Å². The van der Waals surface area contributed by atoms with Gasteiger partial charge in [-0.1, -0.05) is 65.9 Å². The Morgan fingerprint density at radius 2 is 1.78 bits per heavy atom. The van der Waals surface area contributed by atoms with Gasteiger partial charge < -0.3 is 14.2 Å². The molecule has 0 amide bonds. The van der Waals surface area contributed by atoms with Crippen molar-refractivity contribution in [2.75, 3.05) is 13.7 Å². The molecule has 0 saturated heterocycles. The number of fused-ring (bicyclic) bond motifs is 1. The summed E-state index contributed by atoms with van der Waals surface area (Å²) in [5.41, 5.74) is 3.12. The number of methoxy groups -OCH3 is 1. The fourth-order valence-electron chi connectivity index (χ4n) is 4.76. The first kappa shape index (κ1) is 27.6. The van der Waals surface area contributed by atoms with Crippen molar-refractivity contribution < 1.29 is 19.0 Å². The summed E-state index contributed by atoms with van der Waals surface area (Å²) in [6.45, 7) is 3.87. The molecular weight excluding hydrogens is 538 g/mol.